The molecule has 2 heterocycles. The Balaban J connectivity index is 1.84. The molecule has 1 aromatic rings. The second-order valence-corrected chi connectivity index (χ2v) is 4.18. The topological polar surface area (TPSA) is 59.2 Å². The number of anilines is 1. The zero-order valence-corrected chi connectivity index (χ0v) is 9.35. The summed E-state index contributed by atoms with van der Waals surface area (Å²) in [6.07, 6.45) is 5.30. The summed E-state index contributed by atoms with van der Waals surface area (Å²) in [7, 11) is 0. The predicted molar refractivity (Wildman–Crippen MR) is 62.8 cm³/mol. The smallest absolute Gasteiger partial charge is 0.222 e. The van der Waals surface area contributed by atoms with Gasteiger partial charge in [-0.2, -0.15) is 0 Å². The van der Waals surface area contributed by atoms with Crippen LogP contribution in [-0.4, -0.2) is 28.9 Å². The second-order valence-electron chi connectivity index (χ2n) is 4.18. The molecular formula is C12H17N3O. The second kappa shape index (κ2) is 4.96. The van der Waals surface area contributed by atoms with Crippen LogP contribution in [0.2, 0.25) is 0 Å². The highest BCUT2D eigenvalue weighted by atomic mass is 16.2. The maximum atomic E-state index is 11.8. The molecule has 1 aromatic heterocycles. The van der Waals surface area contributed by atoms with Crippen LogP contribution in [0.15, 0.2) is 18.3 Å². The molecule has 0 atom stereocenters. The SMILES string of the molecule is Nc1cc(CCC(=O)N2CCCC2)ccn1. The van der Waals surface area contributed by atoms with Crippen LogP contribution >= 0.6 is 0 Å². The van der Waals surface area contributed by atoms with Crippen LogP contribution < -0.4 is 5.73 Å². The lowest BCUT2D eigenvalue weighted by molar-refractivity contribution is -0.130. The Morgan fingerprint density at radius 1 is 1.44 bits per heavy atom. The number of nitrogen functional groups attached to an aromatic ring is 1. The largest absolute Gasteiger partial charge is 0.384 e. The summed E-state index contributed by atoms with van der Waals surface area (Å²) in [6, 6.07) is 3.74. The Bertz CT molecular complexity index is 372. The lowest BCUT2D eigenvalue weighted by Gasteiger charge is -2.14. The van der Waals surface area contributed by atoms with Crippen LogP contribution in [-0.2, 0) is 11.2 Å². The third kappa shape index (κ3) is 2.72. The fourth-order valence-electron chi connectivity index (χ4n) is 2.03. The van der Waals surface area contributed by atoms with Gasteiger partial charge in [-0.3, -0.25) is 4.79 Å². The van der Waals surface area contributed by atoms with Gasteiger partial charge in [0, 0.05) is 25.7 Å². The summed E-state index contributed by atoms with van der Waals surface area (Å²) in [6.45, 7) is 1.86. The number of pyridine rings is 1. The van der Waals surface area contributed by atoms with Gasteiger partial charge in [-0.15, -0.1) is 0 Å². The molecule has 2 rings (SSSR count). The number of likely N-dealkylation sites (tertiary alicyclic amines) is 1. The van der Waals surface area contributed by atoms with Crippen LogP contribution in [0.3, 0.4) is 0 Å². The highest BCUT2D eigenvalue weighted by molar-refractivity contribution is 5.76. The number of aromatic nitrogens is 1. The third-order valence-corrected chi connectivity index (χ3v) is 2.93. The fourth-order valence-corrected chi connectivity index (χ4v) is 2.03. The van der Waals surface area contributed by atoms with E-state index in [0.29, 0.717) is 12.2 Å². The number of carbonyl (C=O) groups excluding carboxylic acids is 1. The average molecular weight is 219 g/mol. The summed E-state index contributed by atoms with van der Waals surface area (Å²) in [5, 5.41) is 0. The van der Waals surface area contributed by atoms with E-state index in [0.717, 1.165) is 37.9 Å². The standard InChI is InChI=1S/C12H17N3O/c13-11-9-10(5-6-14-11)3-4-12(16)15-7-1-2-8-15/h5-6,9H,1-4,7-8H2,(H2,13,14). The lowest BCUT2D eigenvalue weighted by Crippen LogP contribution is -2.27. The molecule has 0 aromatic carbocycles. The van der Waals surface area contributed by atoms with Gasteiger partial charge in [-0.1, -0.05) is 0 Å². The Morgan fingerprint density at radius 2 is 2.19 bits per heavy atom. The van der Waals surface area contributed by atoms with E-state index in [9.17, 15) is 4.79 Å². The van der Waals surface area contributed by atoms with Crippen molar-refractivity contribution in [1.82, 2.24) is 9.88 Å². The van der Waals surface area contributed by atoms with Gasteiger partial charge < -0.3 is 10.6 Å². The fraction of sp³-hybridized carbons (Fsp3) is 0.500. The molecule has 4 heteroatoms. The zero-order chi connectivity index (χ0) is 11.4. The number of rotatable bonds is 3. The minimum Gasteiger partial charge on any atom is -0.384 e. The maximum Gasteiger partial charge on any atom is 0.222 e. The number of nitrogens with zero attached hydrogens (tertiary/aromatic N) is 2. The number of amides is 1. The van der Waals surface area contributed by atoms with E-state index in [1.165, 1.54) is 0 Å². The van der Waals surface area contributed by atoms with Crippen molar-refractivity contribution in [3.8, 4) is 0 Å². The van der Waals surface area contributed by atoms with E-state index in [2.05, 4.69) is 4.98 Å². The summed E-state index contributed by atoms with van der Waals surface area (Å²) in [4.78, 5) is 17.7. The third-order valence-electron chi connectivity index (χ3n) is 2.93. The van der Waals surface area contributed by atoms with Crippen LogP contribution in [0.5, 0.6) is 0 Å². The molecule has 0 radical (unpaired) electrons. The van der Waals surface area contributed by atoms with Crippen molar-refractivity contribution in [2.75, 3.05) is 18.8 Å². The van der Waals surface area contributed by atoms with Crippen molar-refractivity contribution in [2.45, 2.75) is 25.7 Å². The van der Waals surface area contributed by atoms with Gasteiger partial charge in [0.1, 0.15) is 5.82 Å². The van der Waals surface area contributed by atoms with E-state index in [-0.39, 0.29) is 5.91 Å². The highest BCUT2D eigenvalue weighted by Crippen LogP contribution is 2.11. The maximum absolute atomic E-state index is 11.8. The Labute approximate surface area is 95.5 Å². The lowest BCUT2D eigenvalue weighted by atomic mass is 10.1. The summed E-state index contributed by atoms with van der Waals surface area (Å²) < 4.78 is 0. The Hall–Kier alpha value is -1.58. The first-order valence-electron chi connectivity index (χ1n) is 5.74. The van der Waals surface area contributed by atoms with Crippen molar-refractivity contribution in [1.29, 1.82) is 0 Å². The Kier molecular flexibility index (Phi) is 3.39. The van der Waals surface area contributed by atoms with E-state index in [4.69, 9.17) is 5.73 Å². The van der Waals surface area contributed by atoms with Crippen LogP contribution in [0, 0.1) is 0 Å². The van der Waals surface area contributed by atoms with E-state index >= 15 is 0 Å². The Morgan fingerprint density at radius 3 is 2.88 bits per heavy atom. The molecule has 0 saturated carbocycles. The normalized spacial score (nSPS) is 15.4. The average Bonchev–Trinajstić information content (AvgIpc) is 2.79. The first-order valence-corrected chi connectivity index (χ1v) is 5.74. The van der Waals surface area contributed by atoms with Crippen molar-refractivity contribution in [3.63, 3.8) is 0 Å². The van der Waals surface area contributed by atoms with Gasteiger partial charge >= 0.3 is 0 Å². The minimum absolute atomic E-state index is 0.257. The van der Waals surface area contributed by atoms with Gasteiger partial charge in [0.15, 0.2) is 0 Å². The molecule has 0 aliphatic carbocycles. The number of nitrogens with two attached hydrogens (primary N) is 1. The van der Waals surface area contributed by atoms with Crippen LogP contribution in [0.4, 0.5) is 5.82 Å². The van der Waals surface area contributed by atoms with Gasteiger partial charge in [0.2, 0.25) is 5.91 Å². The van der Waals surface area contributed by atoms with Crippen LogP contribution in [0.25, 0.3) is 0 Å². The molecule has 1 saturated heterocycles. The van der Waals surface area contributed by atoms with Gasteiger partial charge in [0.05, 0.1) is 0 Å². The van der Waals surface area contributed by atoms with E-state index < -0.39 is 0 Å². The molecule has 86 valence electrons. The zero-order valence-electron chi connectivity index (χ0n) is 9.35. The molecule has 1 aliphatic rings. The summed E-state index contributed by atoms with van der Waals surface area (Å²) in [5.74, 6) is 0.777. The molecule has 0 spiro atoms. The highest BCUT2D eigenvalue weighted by Gasteiger charge is 2.17. The molecule has 1 fully saturated rings. The first kappa shape index (κ1) is 10.9. The molecule has 4 nitrogen and oxygen atoms in total. The van der Waals surface area contributed by atoms with Crippen molar-refractivity contribution < 1.29 is 4.79 Å². The van der Waals surface area contributed by atoms with Crippen molar-refractivity contribution in [3.05, 3.63) is 23.9 Å². The number of aryl methyl sites for hydroxylation is 1. The molecule has 1 aliphatic heterocycles. The van der Waals surface area contributed by atoms with Gasteiger partial charge in [-0.05, 0) is 37.0 Å². The molecule has 16 heavy (non-hydrogen) atoms. The van der Waals surface area contributed by atoms with Gasteiger partial charge in [0.25, 0.3) is 0 Å². The van der Waals surface area contributed by atoms with Crippen molar-refractivity contribution in [2.24, 2.45) is 0 Å². The van der Waals surface area contributed by atoms with E-state index in [1.54, 1.807) is 6.20 Å². The number of hydrogen-bond acceptors (Lipinski definition) is 3. The van der Waals surface area contributed by atoms with Crippen molar-refractivity contribution >= 4 is 11.7 Å². The molecule has 0 unspecified atom stereocenters. The monoisotopic (exact) mass is 219 g/mol. The van der Waals surface area contributed by atoms with E-state index in [1.807, 2.05) is 17.0 Å². The predicted octanol–water partition coefficient (Wildman–Crippen LogP) is 1.22. The molecule has 2 N–H and O–H groups in total. The summed E-state index contributed by atoms with van der Waals surface area (Å²) >= 11 is 0. The first-order chi connectivity index (χ1) is 7.75. The molecule has 0 bridgehead atoms. The molecular weight excluding hydrogens is 202 g/mol. The molecule has 1 amide bonds. The quantitative estimate of drug-likeness (QED) is 0.831. The summed E-state index contributed by atoms with van der Waals surface area (Å²) in [5.41, 5.74) is 6.66. The number of hydrogen-bond donors (Lipinski definition) is 1. The van der Waals surface area contributed by atoms with Gasteiger partial charge in [-0.25, -0.2) is 4.98 Å². The number of carbonyl (C=O) groups is 1. The van der Waals surface area contributed by atoms with Crippen LogP contribution in [0.1, 0.15) is 24.8 Å². The minimum atomic E-state index is 0.257.